The summed E-state index contributed by atoms with van der Waals surface area (Å²) in [5.74, 6) is -3.53. The fourth-order valence-corrected chi connectivity index (χ4v) is 3.11. The van der Waals surface area contributed by atoms with E-state index >= 15 is 0 Å². The molecule has 2 unspecified atom stereocenters. The SMILES string of the molecule is COc1cc(F)c(C2CNC(=O)C2NC(=O)Nc2ccc(Cl)c(O)c2)c(F)c1. The fourth-order valence-electron chi connectivity index (χ4n) is 2.99. The Labute approximate surface area is 163 Å². The number of methoxy groups -OCH3 is 1. The zero-order valence-corrected chi connectivity index (χ0v) is 15.3. The molecule has 1 fully saturated rings. The molecule has 0 bridgehead atoms. The van der Waals surface area contributed by atoms with Gasteiger partial charge in [0.1, 0.15) is 29.2 Å². The summed E-state index contributed by atoms with van der Waals surface area (Å²) in [4.78, 5) is 24.3. The van der Waals surface area contributed by atoms with Crippen LogP contribution in [0.25, 0.3) is 0 Å². The van der Waals surface area contributed by atoms with Crippen molar-refractivity contribution in [3.63, 3.8) is 0 Å². The molecule has 2 aromatic carbocycles. The van der Waals surface area contributed by atoms with Gasteiger partial charge in [0.05, 0.1) is 12.1 Å². The van der Waals surface area contributed by atoms with E-state index in [1.54, 1.807) is 0 Å². The molecule has 3 amide bonds. The van der Waals surface area contributed by atoms with Crippen molar-refractivity contribution in [1.82, 2.24) is 10.6 Å². The molecule has 7 nitrogen and oxygen atoms in total. The van der Waals surface area contributed by atoms with E-state index < -0.39 is 35.5 Å². The van der Waals surface area contributed by atoms with Crippen LogP contribution in [-0.2, 0) is 4.79 Å². The van der Waals surface area contributed by atoms with Gasteiger partial charge in [-0.2, -0.15) is 0 Å². The molecule has 3 rings (SSSR count). The first kappa shape index (κ1) is 19.7. The number of urea groups is 1. The number of ether oxygens (including phenoxy) is 1. The second-order valence-electron chi connectivity index (χ2n) is 6.10. The third-order valence-electron chi connectivity index (χ3n) is 4.33. The molecular formula is C18H16ClF2N3O4. The number of carbonyl (C=O) groups is 2. The number of phenols is 1. The summed E-state index contributed by atoms with van der Waals surface area (Å²) in [6.45, 7) is -0.0499. The lowest BCUT2D eigenvalue weighted by Crippen LogP contribution is -2.45. The maximum atomic E-state index is 14.4. The lowest BCUT2D eigenvalue weighted by Gasteiger charge is -2.20. The van der Waals surface area contributed by atoms with Gasteiger partial charge in [0.2, 0.25) is 5.91 Å². The maximum absolute atomic E-state index is 14.4. The van der Waals surface area contributed by atoms with E-state index in [9.17, 15) is 23.5 Å². The summed E-state index contributed by atoms with van der Waals surface area (Å²) in [5, 5.41) is 17.0. The topological polar surface area (TPSA) is 99.7 Å². The van der Waals surface area contributed by atoms with Crippen LogP contribution in [0.1, 0.15) is 11.5 Å². The van der Waals surface area contributed by atoms with Crippen LogP contribution in [0.2, 0.25) is 5.02 Å². The summed E-state index contributed by atoms with van der Waals surface area (Å²) in [7, 11) is 1.28. The number of rotatable bonds is 4. The normalized spacial score (nSPS) is 18.5. The average Bonchev–Trinajstić information content (AvgIpc) is 2.98. The van der Waals surface area contributed by atoms with E-state index in [2.05, 4.69) is 16.0 Å². The molecule has 28 heavy (non-hydrogen) atoms. The Bertz CT molecular complexity index is 918. The molecule has 1 heterocycles. The molecule has 0 saturated carbocycles. The first-order valence-corrected chi connectivity index (χ1v) is 8.54. The van der Waals surface area contributed by atoms with Crippen molar-refractivity contribution in [2.75, 3.05) is 19.0 Å². The van der Waals surface area contributed by atoms with Crippen molar-refractivity contribution in [3.05, 3.63) is 52.6 Å². The summed E-state index contributed by atoms with van der Waals surface area (Å²) in [6, 6.07) is 4.07. The zero-order valence-electron chi connectivity index (χ0n) is 14.6. The predicted molar refractivity (Wildman–Crippen MR) is 97.7 cm³/mol. The lowest BCUT2D eigenvalue weighted by atomic mass is 9.93. The summed E-state index contributed by atoms with van der Waals surface area (Å²) < 4.78 is 33.6. The summed E-state index contributed by atoms with van der Waals surface area (Å²) in [6.07, 6.45) is 0. The van der Waals surface area contributed by atoms with Gasteiger partial charge in [0.15, 0.2) is 0 Å². The van der Waals surface area contributed by atoms with Crippen LogP contribution in [0.3, 0.4) is 0 Å². The minimum Gasteiger partial charge on any atom is -0.506 e. The lowest BCUT2D eigenvalue weighted by molar-refractivity contribution is -0.120. The molecule has 1 aliphatic heterocycles. The maximum Gasteiger partial charge on any atom is 0.319 e. The summed E-state index contributed by atoms with van der Waals surface area (Å²) >= 11 is 5.70. The molecule has 148 valence electrons. The number of anilines is 1. The minimum absolute atomic E-state index is 0.000769. The van der Waals surface area contributed by atoms with Crippen LogP contribution in [-0.4, -0.2) is 36.7 Å². The highest BCUT2D eigenvalue weighted by molar-refractivity contribution is 6.32. The average molecular weight is 412 g/mol. The van der Waals surface area contributed by atoms with Crippen LogP contribution in [0.15, 0.2) is 30.3 Å². The molecule has 10 heteroatoms. The number of aromatic hydroxyl groups is 1. The van der Waals surface area contributed by atoms with Crippen molar-refractivity contribution >= 4 is 29.2 Å². The second-order valence-corrected chi connectivity index (χ2v) is 6.51. The Hall–Kier alpha value is -3.07. The van der Waals surface area contributed by atoms with Crippen LogP contribution in [0, 0.1) is 11.6 Å². The van der Waals surface area contributed by atoms with Crippen molar-refractivity contribution in [2.45, 2.75) is 12.0 Å². The standard InChI is InChI=1S/C18H16ClF2N3O4/c1-28-9-5-12(20)15(13(21)6-9)10-7-22-17(26)16(10)24-18(27)23-8-2-3-11(19)14(25)4-8/h2-6,10,16,25H,7H2,1H3,(H,22,26)(H2,23,24,27). The van der Waals surface area contributed by atoms with Gasteiger partial charge >= 0.3 is 6.03 Å². The van der Waals surface area contributed by atoms with Gasteiger partial charge in [0, 0.05) is 41.9 Å². The monoisotopic (exact) mass is 411 g/mol. The van der Waals surface area contributed by atoms with Gasteiger partial charge in [-0.1, -0.05) is 11.6 Å². The molecule has 0 aromatic heterocycles. The van der Waals surface area contributed by atoms with Gasteiger partial charge in [-0.3, -0.25) is 4.79 Å². The largest absolute Gasteiger partial charge is 0.506 e. The smallest absolute Gasteiger partial charge is 0.319 e. The third-order valence-corrected chi connectivity index (χ3v) is 4.65. The Morgan fingerprint density at radius 2 is 1.96 bits per heavy atom. The van der Waals surface area contributed by atoms with E-state index in [4.69, 9.17) is 16.3 Å². The molecule has 0 radical (unpaired) electrons. The molecule has 0 aliphatic carbocycles. The number of phenolic OH excluding ortho intramolecular Hbond substituents is 1. The van der Waals surface area contributed by atoms with Crippen molar-refractivity contribution in [2.24, 2.45) is 0 Å². The fraction of sp³-hybridized carbons (Fsp3) is 0.222. The van der Waals surface area contributed by atoms with Gasteiger partial charge < -0.3 is 25.8 Å². The molecule has 0 spiro atoms. The van der Waals surface area contributed by atoms with E-state index in [0.717, 1.165) is 12.1 Å². The molecule has 1 aliphatic rings. The summed E-state index contributed by atoms with van der Waals surface area (Å²) in [5.41, 5.74) is -0.107. The highest BCUT2D eigenvalue weighted by Crippen LogP contribution is 2.31. The quantitative estimate of drug-likeness (QED) is 0.621. The second kappa shape index (κ2) is 7.89. The number of nitrogens with one attached hydrogen (secondary N) is 3. The van der Waals surface area contributed by atoms with E-state index in [-0.39, 0.29) is 34.3 Å². The number of carbonyl (C=O) groups excluding carboxylic acids is 2. The van der Waals surface area contributed by atoms with Crippen molar-refractivity contribution in [3.8, 4) is 11.5 Å². The number of halogens is 3. The van der Waals surface area contributed by atoms with Gasteiger partial charge in [-0.15, -0.1) is 0 Å². The molecular weight excluding hydrogens is 396 g/mol. The van der Waals surface area contributed by atoms with Gasteiger partial charge in [-0.05, 0) is 12.1 Å². The first-order valence-electron chi connectivity index (χ1n) is 8.17. The molecule has 4 N–H and O–H groups in total. The Kier molecular flexibility index (Phi) is 5.55. The van der Waals surface area contributed by atoms with Crippen LogP contribution in [0.4, 0.5) is 19.3 Å². The Morgan fingerprint density at radius 3 is 2.57 bits per heavy atom. The first-order chi connectivity index (χ1) is 13.3. The van der Waals surface area contributed by atoms with Crippen molar-refractivity contribution in [1.29, 1.82) is 0 Å². The number of hydrogen-bond acceptors (Lipinski definition) is 4. The van der Waals surface area contributed by atoms with Crippen LogP contribution >= 0.6 is 11.6 Å². The van der Waals surface area contributed by atoms with Crippen LogP contribution in [0.5, 0.6) is 11.5 Å². The highest BCUT2D eigenvalue weighted by atomic mass is 35.5. The van der Waals surface area contributed by atoms with E-state index in [1.165, 1.54) is 25.3 Å². The van der Waals surface area contributed by atoms with Gasteiger partial charge in [-0.25, -0.2) is 13.6 Å². The third kappa shape index (κ3) is 3.94. The number of benzene rings is 2. The molecule has 2 aromatic rings. The van der Waals surface area contributed by atoms with E-state index in [1.807, 2.05) is 0 Å². The van der Waals surface area contributed by atoms with Gasteiger partial charge in [0.25, 0.3) is 0 Å². The number of amides is 3. The van der Waals surface area contributed by atoms with E-state index in [0.29, 0.717) is 0 Å². The molecule has 1 saturated heterocycles. The van der Waals surface area contributed by atoms with Crippen LogP contribution < -0.4 is 20.7 Å². The van der Waals surface area contributed by atoms with Crippen molar-refractivity contribution < 1.29 is 28.2 Å². The Morgan fingerprint density at radius 1 is 1.29 bits per heavy atom. The molecule has 2 atom stereocenters. The highest BCUT2D eigenvalue weighted by Gasteiger charge is 2.40. The zero-order chi connectivity index (χ0) is 20.4. The number of hydrogen-bond donors (Lipinski definition) is 4. The predicted octanol–water partition coefficient (Wildman–Crippen LogP) is 2.74. The Balaban J connectivity index is 1.79. The minimum atomic E-state index is -1.20.